The number of nitrogens with two attached hydrogens (primary N) is 1. The average Bonchev–Trinajstić information content (AvgIpc) is 2.17. The highest BCUT2D eigenvalue weighted by Gasteiger charge is 1.91. The molecule has 2 N–H and O–H groups in total. The van der Waals surface area contributed by atoms with Gasteiger partial charge in [-0.15, -0.1) is 0 Å². The van der Waals surface area contributed by atoms with Gasteiger partial charge in [-0.3, -0.25) is 0 Å². The van der Waals surface area contributed by atoms with Crippen molar-refractivity contribution in [3.05, 3.63) is 48.7 Å². The van der Waals surface area contributed by atoms with Crippen molar-refractivity contribution in [1.82, 2.24) is 0 Å². The predicted octanol–water partition coefficient (Wildman–Crippen LogP) is 3.56. The summed E-state index contributed by atoms with van der Waals surface area (Å²) < 4.78 is 0. The summed E-state index contributed by atoms with van der Waals surface area (Å²) in [6.45, 7) is 13.3. The van der Waals surface area contributed by atoms with Crippen LogP contribution in [0.15, 0.2) is 48.7 Å². The monoisotopic (exact) mass is 179 g/mol. The molecule has 0 heterocycles. The minimum absolute atomic E-state index is 0.719. The lowest BCUT2D eigenvalue weighted by molar-refractivity contribution is 1.19. The third kappa shape index (κ3) is 7.13. The second-order valence-electron chi connectivity index (χ2n) is 2.13. The van der Waals surface area contributed by atoms with Crippen molar-refractivity contribution in [2.75, 3.05) is 0 Å². The van der Waals surface area contributed by atoms with Crippen LogP contribution in [0, 0.1) is 0 Å². The number of rotatable bonds is 4. The van der Waals surface area contributed by atoms with Gasteiger partial charge in [0.2, 0.25) is 0 Å². The Morgan fingerprint density at radius 1 is 1.31 bits per heavy atom. The lowest BCUT2D eigenvalue weighted by Gasteiger charge is -1.99. The molecule has 0 rings (SSSR count). The first-order valence-electron chi connectivity index (χ1n) is 4.67. The molecule has 0 saturated heterocycles. The molecule has 13 heavy (non-hydrogen) atoms. The largest absolute Gasteiger partial charge is 0.398 e. The molecule has 0 aromatic carbocycles. The summed E-state index contributed by atoms with van der Waals surface area (Å²) >= 11 is 0. The van der Waals surface area contributed by atoms with Crippen molar-refractivity contribution in [3.8, 4) is 0 Å². The van der Waals surface area contributed by atoms with Gasteiger partial charge in [-0.25, -0.2) is 0 Å². The molecule has 0 radical (unpaired) electrons. The van der Waals surface area contributed by atoms with Crippen LogP contribution in [0.5, 0.6) is 0 Å². The van der Waals surface area contributed by atoms with E-state index >= 15 is 0 Å². The molecule has 0 unspecified atom stereocenters. The number of hydrogen-bond acceptors (Lipinski definition) is 1. The van der Waals surface area contributed by atoms with E-state index in [2.05, 4.69) is 20.1 Å². The molecule has 0 aliphatic heterocycles. The van der Waals surface area contributed by atoms with Gasteiger partial charge in [0.1, 0.15) is 0 Å². The van der Waals surface area contributed by atoms with Crippen LogP contribution in [-0.4, -0.2) is 0 Å². The summed E-state index contributed by atoms with van der Waals surface area (Å²) in [6, 6.07) is 0. The van der Waals surface area contributed by atoms with E-state index in [-0.39, 0.29) is 0 Å². The standard InChI is InChI=1S/C10H15N.C2H6/c1-4-7-9(6-3)10(11)8-5-2;1-2/h5-8H,2-4,11H2,1H3;1-2H3/b9-7-,10-8+;. The van der Waals surface area contributed by atoms with Crippen molar-refractivity contribution < 1.29 is 0 Å². The summed E-state index contributed by atoms with van der Waals surface area (Å²) in [4.78, 5) is 0. The third-order valence-corrected chi connectivity index (χ3v) is 1.27. The van der Waals surface area contributed by atoms with E-state index < -0.39 is 0 Å². The lowest BCUT2D eigenvalue weighted by atomic mass is 10.1. The molecule has 0 aromatic heterocycles. The van der Waals surface area contributed by atoms with Gasteiger partial charge in [0.05, 0.1) is 0 Å². The van der Waals surface area contributed by atoms with E-state index in [1.165, 1.54) is 0 Å². The van der Waals surface area contributed by atoms with Crippen molar-refractivity contribution in [1.29, 1.82) is 0 Å². The first kappa shape index (κ1) is 14.3. The second-order valence-corrected chi connectivity index (χ2v) is 2.13. The number of allylic oxidation sites excluding steroid dienone is 4. The van der Waals surface area contributed by atoms with Crippen LogP contribution in [0.3, 0.4) is 0 Å². The Morgan fingerprint density at radius 2 is 1.85 bits per heavy atom. The van der Waals surface area contributed by atoms with Gasteiger partial charge in [0.15, 0.2) is 0 Å². The molecule has 74 valence electrons. The maximum absolute atomic E-state index is 5.68. The van der Waals surface area contributed by atoms with Gasteiger partial charge in [-0.1, -0.05) is 52.2 Å². The highest BCUT2D eigenvalue weighted by Crippen LogP contribution is 2.05. The first-order valence-corrected chi connectivity index (χ1v) is 4.67. The Hall–Kier alpha value is -1.24. The molecular formula is C12H21N. The van der Waals surface area contributed by atoms with Gasteiger partial charge in [0.25, 0.3) is 0 Å². The first-order chi connectivity index (χ1) is 6.26. The molecule has 0 fully saturated rings. The van der Waals surface area contributed by atoms with Crippen LogP contribution < -0.4 is 5.73 Å². The van der Waals surface area contributed by atoms with Crippen molar-refractivity contribution >= 4 is 0 Å². The molecule has 0 aliphatic carbocycles. The highest BCUT2D eigenvalue weighted by molar-refractivity contribution is 5.38. The smallest absolute Gasteiger partial charge is 0.0383 e. The van der Waals surface area contributed by atoms with E-state index in [1.54, 1.807) is 18.2 Å². The minimum atomic E-state index is 0.719. The summed E-state index contributed by atoms with van der Waals surface area (Å²) in [6.07, 6.45) is 8.18. The topological polar surface area (TPSA) is 26.0 Å². The van der Waals surface area contributed by atoms with Crippen LogP contribution in [-0.2, 0) is 0 Å². The predicted molar refractivity (Wildman–Crippen MR) is 62.4 cm³/mol. The quantitative estimate of drug-likeness (QED) is 0.656. The SMILES string of the molecule is C=C/C=C(N)\C(C=C)=C/CC.CC. The molecule has 0 atom stereocenters. The molecule has 0 aliphatic rings. The van der Waals surface area contributed by atoms with Crippen LogP contribution >= 0.6 is 0 Å². The minimum Gasteiger partial charge on any atom is -0.398 e. The van der Waals surface area contributed by atoms with Crippen LogP contribution in [0.1, 0.15) is 27.2 Å². The Balaban J connectivity index is 0. The average molecular weight is 179 g/mol. The molecule has 1 nitrogen and oxygen atoms in total. The zero-order valence-corrected chi connectivity index (χ0v) is 9.01. The van der Waals surface area contributed by atoms with Crippen LogP contribution in [0.25, 0.3) is 0 Å². The Bertz CT molecular complexity index is 197. The third-order valence-electron chi connectivity index (χ3n) is 1.27. The van der Waals surface area contributed by atoms with E-state index in [1.807, 2.05) is 19.9 Å². The molecule has 0 spiro atoms. The summed E-state index contributed by atoms with van der Waals surface area (Å²) in [7, 11) is 0. The zero-order valence-electron chi connectivity index (χ0n) is 9.01. The molecule has 0 saturated carbocycles. The molecule has 0 amide bonds. The Labute approximate surface area is 82.3 Å². The molecule has 0 bridgehead atoms. The van der Waals surface area contributed by atoms with Crippen LogP contribution in [0.4, 0.5) is 0 Å². The summed E-state index contributed by atoms with van der Waals surface area (Å²) in [5, 5.41) is 0. The van der Waals surface area contributed by atoms with Gasteiger partial charge in [-0.05, 0) is 18.1 Å². The molecular weight excluding hydrogens is 158 g/mol. The summed E-state index contributed by atoms with van der Waals surface area (Å²) in [5.74, 6) is 0. The maximum atomic E-state index is 5.68. The fraction of sp³-hybridized carbons (Fsp3) is 0.333. The van der Waals surface area contributed by atoms with E-state index in [9.17, 15) is 0 Å². The second kappa shape index (κ2) is 10.8. The Morgan fingerprint density at radius 3 is 2.15 bits per heavy atom. The molecule has 0 aromatic rings. The van der Waals surface area contributed by atoms with E-state index in [4.69, 9.17) is 5.73 Å². The zero-order chi connectivity index (χ0) is 10.7. The van der Waals surface area contributed by atoms with Gasteiger partial charge in [0, 0.05) is 5.70 Å². The van der Waals surface area contributed by atoms with Gasteiger partial charge >= 0.3 is 0 Å². The Kier molecular flexibility index (Phi) is 11.8. The highest BCUT2D eigenvalue weighted by atomic mass is 14.6. The number of hydrogen-bond donors (Lipinski definition) is 1. The van der Waals surface area contributed by atoms with Crippen molar-refractivity contribution in [2.45, 2.75) is 27.2 Å². The lowest BCUT2D eigenvalue weighted by Crippen LogP contribution is -1.98. The van der Waals surface area contributed by atoms with Gasteiger partial charge in [-0.2, -0.15) is 0 Å². The van der Waals surface area contributed by atoms with Crippen LogP contribution in [0.2, 0.25) is 0 Å². The van der Waals surface area contributed by atoms with Crippen molar-refractivity contribution in [2.24, 2.45) is 5.73 Å². The maximum Gasteiger partial charge on any atom is 0.0383 e. The fourth-order valence-electron chi connectivity index (χ4n) is 0.762. The normalized spacial score (nSPS) is 11.3. The molecule has 1 heteroatoms. The van der Waals surface area contributed by atoms with E-state index in [0.717, 1.165) is 17.7 Å². The van der Waals surface area contributed by atoms with Crippen molar-refractivity contribution in [3.63, 3.8) is 0 Å². The fourth-order valence-corrected chi connectivity index (χ4v) is 0.762. The van der Waals surface area contributed by atoms with E-state index in [0.29, 0.717) is 0 Å². The van der Waals surface area contributed by atoms with Gasteiger partial charge < -0.3 is 5.73 Å². The summed E-state index contributed by atoms with van der Waals surface area (Å²) in [5.41, 5.74) is 7.37.